The number of phenols is 2. The number of rotatable bonds is 1. The van der Waals surface area contributed by atoms with E-state index in [1.54, 1.807) is 25.3 Å². The first kappa shape index (κ1) is 27.4. The number of hydrogen-bond acceptors (Lipinski definition) is 2. The van der Waals surface area contributed by atoms with Gasteiger partial charge in [-0.1, -0.05) is 28.1 Å². The van der Waals surface area contributed by atoms with Crippen molar-refractivity contribution in [1.82, 2.24) is 0 Å². The molecule has 8 aliphatic rings. The third kappa shape index (κ3) is 5.34. The van der Waals surface area contributed by atoms with E-state index in [0.717, 1.165) is 49.1 Å². The molecule has 2 aromatic rings. The maximum absolute atomic E-state index is 14.2. The van der Waals surface area contributed by atoms with Crippen LogP contribution < -0.4 is 0 Å². The van der Waals surface area contributed by atoms with Crippen LogP contribution in [0.4, 0.5) is 17.6 Å². The van der Waals surface area contributed by atoms with Gasteiger partial charge in [0.05, 0.1) is 0 Å². The lowest BCUT2D eigenvalue weighted by molar-refractivity contribution is -0.00706. The van der Waals surface area contributed by atoms with Gasteiger partial charge >= 0.3 is 0 Å². The van der Waals surface area contributed by atoms with Crippen molar-refractivity contribution < 1.29 is 27.8 Å². The standard InChI is InChI=1S/C16H18F2O.C10H15Br.C6H4F2O/c17-14-12(1-2-13(19)15(14)18)16-6-9-3-10(7-16)5-11(4-9)8-16;11-10-4-7-1-8(5-10)3-9(2-7)6-10;7-4-2-1-3-5(9)6(4)8/h1-2,9-11,19H,3-8H2;7-9H,1-6H2;1-3,9H. The van der Waals surface area contributed by atoms with Crippen molar-refractivity contribution in [3.63, 3.8) is 0 Å². The smallest absolute Gasteiger partial charge is 0.200 e. The summed E-state index contributed by atoms with van der Waals surface area (Å²) in [6.07, 6.45) is 16.0. The van der Waals surface area contributed by atoms with E-state index < -0.39 is 34.8 Å². The molecule has 7 heteroatoms. The maximum atomic E-state index is 14.2. The van der Waals surface area contributed by atoms with Gasteiger partial charge in [-0.2, -0.15) is 8.78 Å². The highest BCUT2D eigenvalue weighted by Crippen LogP contribution is 2.61. The minimum Gasteiger partial charge on any atom is -0.505 e. The van der Waals surface area contributed by atoms with Gasteiger partial charge in [0.1, 0.15) is 0 Å². The fraction of sp³-hybridized carbons (Fsp3) is 0.625. The molecule has 0 unspecified atom stereocenters. The zero-order valence-electron chi connectivity index (χ0n) is 22.1. The predicted molar refractivity (Wildman–Crippen MR) is 146 cm³/mol. The first-order valence-corrected chi connectivity index (χ1v) is 15.3. The molecule has 212 valence electrons. The second kappa shape index (κ2) is 10.3. The van der Waals surface area contributed by atoms with Gasteiger partial charge in [0.25, 0.3) is 0 Å². The van der Waals surface area contributed by atoms with Gasteiger partial charge < -0.3 is 10.2 Å². The molecule has 8 fully saturated rings. The van der Waals surface area contributed by atoms with Gasteiger partial charge in [-0.3, -0.25) is 0 Å². The molecule has 0 saturated heterocycles. The van der Waals surface area contributed by atoms with E-state index >= 15 is 0 Å². The summed E-state index contributed by atoms with van der Waals surface area (Å²) in [6, 6.07) is 6.18. The highest BCUT2D eigenvalue weighted by atomic mass is 79.9. The Morgan fingerprint density at radius 1 is 0.564 bits per heavy atom. The molecule has 0 amide bonds. The summed E-state index contributed by atoms with van der Waals surface area (Å²) < 4.78 is 52.7. The van der Waals surface area contributed by atoms with Gasteiger partial charge in [-0.25, -0.2) is 8.78 Å². The van der Waals surface area contributed by atoms with Crippen LogP contribution in [0.2, 0.25) is 0 Å². The second-order valence-corrected chi connectivity index (χ2v) is 15.3. The van der Waals surface area contributed by atoms with E-state index in [-0.39, 0.29) is 5.41 Å². The highest BCUT2D eigenvalue weighted by Gasteiger charge is 2.53. The van der Waals surface area contributed by atoms with Gasteiger partial charge in [0, 0.05) is 4.32 Å². The molecule has 8 aliphatic carbocycles. The van der Waals surface area contributed by atoms with E-state index in [1.165, 1.54) is 50.7 Å². The summed E-state index contributed by atoms with van der Waals surface area (Å²) in [5.74, 6) is 0.0260. The van der Waals surface area contributed by atoms with E-state index in [1.807, 2.05) is 0 Å². The van der Waals surface area contributed by atoms with E-state index in [0.29, 0.717) is 27.6 Å². The van der Waals surface area contributed by atoms with Crippen LogP contribution in [0, 0.1) is 58.8 Å². The van der Waals surface area contributed by atoms with Crippen LogP contribution in [-0.2, 0) is 5.41 Å². The Hall–Kier alpha value is -1.76. The third-order valence-corrected chi connectivity index (χ3v) is 11.5. The Bertz CT molecular complexity index is 1140. The lowest BCUT2D eigenvalue weighted by Gasteiger charge is -2.57. The second-order valence-electron chi connectivity index (χ2n) is 13.6. The Morgan fingerprint density at radius 3 is 1.41 bits per heavy atom. The summed E-state index contributed by atoms with van der Waals surface area (Å²) in [5, 5.41) is 17.8. The Morgan fingerprint density at radius 2 is 1.00 bits per heavy atom. The van der Waals surface area contributed by atoms with E-state index in [4.69, 9.17) is 5.11 Å². The van der Waals surface area contributed by atoms with E-state index in [2.05, 4.69) is 15.9 Å². The Labute approximate surface area is 236 Å². The highest BCUT2D eigenvalue weighted by molar-refractivity contribution is 9.10. The minimum absolute atomic E-state index is 0.159. The molecule has 10 rings (SSSR count). The van der Waals surface area contributed by atoms with Crippen molar-refractivity contribution in [2.24, 2.45) is 35.5 Å². The maximum Gasteiger partial charge on any atom is 0.200 e. The van der Waals surface area contributed by atoms with Gasteiger partial charge in [0.2, 0.25) is 5.82 Å². The fourth-order valence-corrected chi connectivity index (χ4v) is 11.3. The topological polar surface area (TPSA) is 40.5 Å². The molecule has 0 atom stereocenters. The first-order valence-electron chi connectivity index (χ1n) is 14.5. The van der Waals surface area contributed by atoms with Crippen molar-refractivity contribution in [3.05, 3.63) is 59.2 Å². The molecule has 0 aliphatic heterocycles. The summed E-state index contributed by atoms with van der Waals surface area (Å²) in [7, 11) is 0. The van der Waals surface area contributed by atoms with Crippen molar-refractivity contribution >= 4 is 15.9 Å². The zero-order valence-corrected chi connectivity index (χ0v) is 23.7. The zero-order chi connectivity index (χ0) is 27.5. The monoisotopic (exact) mass is 608 g/mol. The van der Waals surface area contributed by atoms with Crippen LogP contribution in [0.1, 0.15) is 82.6 Å². The molecule has 2 N–H and O–H groups in total. The Kier molecular flexibility index (Phi) is 7.21. The molecule has 0 spiro atoms. The lowest BCUT2D eigenvalue weighted by atomic mass is 9.48. The Balaban J connectivity index is 0.000000117. The molecule has 8 bridgehead atoms. The number of phenolic OH excluding ortho intramolecular Hbond substituents is 2. The molecule has 2 nitrogen and oxygen atoms in total. The van der Waals surface area contributed by atoms with Crippen LogP contribution in [0.3, 0.4) is 0 Å². The van der Waals surface area contributed by atoms with Crippen molar-refractivity contribution in [2.75, 3.05) is 0 Å². The average Bonchev–Trinajstić information content (AvgIpc) is 2.84. The molecule has 0 aromatic heterocycles. The average molecular weight is 610 g/mol. The van der Waals surface area contributed by atoms with Crippen LogP contribution >= 0.6 is 15.9 Å². The summed E-state index contributed by atoms with van der Waals surface area (Å²) in [5.41, 5.74) is 0.356. The quantitative estimate of drug-likeness (QED) is 0.250. The summed E-state index contributed by atoms with van der Waals surface area (Å²) >= 11 is 3.96. The molecule has 39 heavy (non-hydrogen) atoms. The number of halogens is 5. The number of aromatic hydroxyl groups is 2. The van der Waals surface area contributed by atoms with Crippen LogP contribution in [0.15, 0.2) is 30.3 Å². The summed E-state index contributed by atoms with van der Waals surface area (Å²) in [6.45, 7) is 0. The fourth-order valence-electron chi connectivity index (χ4n) is 9.89. The van der Waals surface area contributed by atoms with Crippen molar-refractivity contribution in [2.45, 2.75) is 86.8 Å². The molecule has 0 radical (unpaired) electrons. The molecule has 8 saturated carbocycles. The van der Waals surface area contributed by atoms with Gasteiger partial charge in [-0.05, 0) is 142 Å². The lowest BCUT2D eigenvalue weighted by Crippen LogP contribution is -2.49. The van der Waals surface area contributed by atoms with Crippen LogP contribution in [-0.4, -0.2) is 14.5 Å². The molecule has 0 heterocycles. The first-order chi connectivity index (χ1) is 18.5. The van der Waals surface area contributed by atoms with E-state index in [9.17, 15) is 22.7 Å². The number of hydrogen-bond donors (Lipinski definition) is 2. The molecular formula is C32H37BrF4O2. The van der Waals surface area contributed by atoms with Gasteiger partial charge in [0.15, 0.2) is 29.0 Å². The minimum atomic E-state index is -1.20. The largest absolute Gasteiger partial charge is 0.505 e. The van der Waals surface area contributed by atoms with Crippen molar-refractivity contribution in [1.29, 1.82) is 0 Å². The molecule has 2 aromatic carbocycles. The van der Waals surface area contributed by atoms with Crippen molar-refractivity contribution in [3.8, 4) is 11.5 Å². The SMILES string of the molecule is BrC12CC3CC(CC(C3)C1)C2.Oc1ccc(C23CC4CC(CC(C4)C2)C3)c(F)c1F.Oc1cccc(F)c1F. The number of alkyl halides is 1. The van der Waals surface area contributed by atoms with Crippen LogP contribution in [0.5, 0.6) is 11.5 Å². The molecular weight excluding hydrogens is 572 g/mol. The summed E-state index contributed by atoms with van der Waals surface area (Å²) in [4.78, 5) is 0. The van der Waals surface area contributed by atoms with Crippen LogP contribution in [0.25, 0.3) is 0 Å². The normalized spacial score (nSPS) is 38.6. The third-order valence-electron chi connectivity index (χ3n) is 10.6. The van der Waals surface area contributed by atoms with Gasteiger partial charge in [-0.15, -0.1) is 0 Å². The predicted octanol–water partition coefficient (Wildman–Crippen LogP) is 9.16. The number of benzene rings is 2.